The number of rotatable bonds is 9. The van der Waals surface area contributed by atoms with E-state index in [4.69, 9.17) is 0 Å². The molecule has 0 saturated carbocycles. The third kappa shape index (κ3) is 6.60. The first-order chi connectivity index (χ1) is 28.3. The van der Waals surface area contributed by atoms with Crippen LogP contribution >= 0.6 is 0 Å². The minimum Gasteiger partial charge on any atom is -0.314 e. The zero-order valence-corrected chi connectivity index (χ0v) is 31.6. The Morgan fingerprint density at radius 3 is 1.47 bits per heavy atom. The van der Waals surface area contributed by atoms with Crippen molar-refractivity contribution in [3.05, 3.63) is 236 Å². The van der Waals surface area contributed by atoms with Gasteiger partial charge in [0.25, 0.3) is 0 Å². The molecule has 0 N–H and O–H groups in total. The molecule has 0 amide bonds. The fourth-order valence-corrected chi connectivity index (χ4v) is 8.35. The third-order valence-electron chi connectivity index (χ3n) is 11.1. The van der Waals surface area contributed by atoms with E-state index < -0.39 is 0 Å². The van der Waals surface area contributed by atoms with Crippen molar-refractivity contribution in [2.24, 2.45) is 0 Å². The van der Waals surface area contributed by atoms with Crippen molar-refractivity contribution in [1.29, 1.82) is 0 Å². The topological polar surface area (TPSA) is 11.4 Å². The molecule has 0 saturated heterocycles. The van der Waals surface area contributed by atoms with Crippen LogP contribution < -0.4 is 9.80 Å². The van der Waals surface area contributed by atoms with E-state index in [1.165, 1.54) is 49.8 Å². The van der Waals surface area contributed by atoms with Crippen LogP contribution in [-0.4, -0.2) is 4.57 Å². The molecule has 0 spiro atoms. The summed E-state index contributed by atoms with van der Waals surface area (Å²) in [7, 11) is 0. The monoisotopic (exact) mass is 731 g/mol. The van der Waals surface area contributed by atoms with Crippen LogP contribution in [0.5, 0.6) is 0 Å². The van der Waals surface area contributed by atoms with Gasteiger partial charge < -0.3 is 14.4 Å². The molecule has 1 aliphatic carbocycles. The second-order valence-corrected chi connectivity index (χ2v) is 14.5. The summed E-state index contributed by atoms with van der Waals surface area (Å²) < 4.78 is 2.39. The van der Waals surface area contributed by atoms with Gasteiger partial charge in [0.1, 0.15) is 0 Å². The van der Waals surface area contributed by atoms with Crippen molar-refractivity contribution < 1.29 is 0 Å². The molecule has 9 aromatic rings. The van der Waals surface area contributed by atoms with Crippen LogP contribution in [0, 0.1) is 0 Å². The molecular weight excluding hydrogens is 691 g/mol. The van der Waals surface area contributed by atoms with Gasteiger partial charge in [0.15, 0.2) is 0 Å². The zero-order chi connectivity index (χ0) is 38.0. The lowest BCUT2D eigenvalue weighted by atomic mass is 9.95. The van der Waals surface area contributed by atoms with E-state index in [9.17, 15) is 0 Å². The highest BCUT2D eigenvalue weighted by Gasteiger charge is 2.21. The maximum Gasteiger partial charge on any atom is 0.0561 e. The number of benzene rings is 8. The summed E-state index contributed by atoms with van der Waals surface area (Å²) in [6, 6.07) is 76.4. The summed E-state index contributed by atoms with van der Waals surface area (Å²) >= 11 is 0. The standard InChI is InChI=1S/C54H41N3/c1-5-15-40(16-6-1)42-25-29-46(30-26-42)55(47-31-27-43(28-32-47)41-17-7-2-8-18-41)48-33-35-49(36-34-48)56(44-19-9-3-10-20-44)50-37-38-52-51-23-13-14-24-53(51)57(54(52)39-50)45-21-11-4-12-22-45/h1-27,29-31,33-39H,28,32H2. The molecule has 0 atom stereocenters. The van der Waals surface area contributed by atoms with Crippen molar-refractivity contribution in [3.63, 3.8) is 0 Å². The van der Waals surface area contributed by atoms with Crippen LogP contribution in [0.3, 0.4) is 0 Å². The van der Waals surface area contributed by atoms with Crippen LogP contribution in [0.2, 0.25) is 0 Å². The van der Waals surface area contributed by atoms with Gasteiger partial charge in [-0.2, -0.15) is 0 Å². The van der Waals surface area contributed by atoms with E-state index in [1.54, 1.807) is 0 Å². The van der Waals surface area contributed by atoms with Gasteiger partial charge in [-0.25, -0.2) is 0 Å². The van der Waals surface area contributed by atoms with Gasteiger partial charge in [-0.3, -0.25) is 0 Å². The Morgan fingerprint density at radius 2 is 0.825 bits per heavy atom. The number of para-hydroxylation sites is 3. The van der Waals surface area contributed by atoms with E-state index in [0.717, 1.165) is 47.0 Å². The summed E-state index contributed by atoms with van der Waals surface area (Å²) in [6.07, 6.45) is 6.53. The molecule has 0 radical (unpaired) electrons. The second kappa shape index (κ2) is 15.1. The van der Waals surface area contributed by atoms with E-state index in [2.05, 4.69) is 239 Å². The summed E-state index contributed by atoms with van der Waals surface area (Å²) in [5.41, 5.74) is 15.5. The highest BCUT2D eigenvalue weighted by molar-refractivity contribution is 6.10. The van der Waals surface area contributed by atoms with Crippen LogP contribution in [-0.2, 0) is 0 Å². The highest BCUT2D eigenvalue weighted by Crippen LogP contribution is 2.42. The normalized spacial score (nSPS) is 12.6. The fraction of sp³-hybridized carbons (Fsp3) is 0.0370. The van der Waals surface area contributed by atoms with E-state index >= 15 is 0 Å². The van der Waals surface area contributed by atoms with Crippen molar-refractivity contribution in [2.75, 3.05) is 9.80 Å². The predicted octanol–water partition coefficient (Wildman–Crippen LogP) is 14.8. The van der Waals surface area contributed by atoms with Gasteiger partial charge in [-0.15, -0.1) is 0 Å². The number of hydrogen-bond donors (Lipinski definition) is 0. The molecular formula is C54H41N3. The SMILES string of the molecule is C1=C(c2ccccc2)CCC(N(c2ccc(-c3ccccc3)cc2)c2ccc(N(c3ccccc3)c3ccc4c5ccccc5n(-c5ccccc5)c4c3)cc2)=C1. The Hall–Kier alpha value is -7.36. The van der Waals surface area contributed by atoms with Gasteiger partial charge in [0, 0.05) is 50.6 Å². The van der Waals surface area contributed by atoms with Gasteiger partial charge >= 0.3 is 0 Å². The number of anilines is 5. The van der Waals surface area contributed by atoms with Gasteiger partial charge in [0.2, 0.25) is 0 Å². The summed E-state index contributed by atoms with van der Waals surface area (Å²) in [5, 5.41) is 2.49. The van der Waals surface area contributed by atoms with Crippen molar-refractivity contribution in [2.45, 2.75) is 12.8 Å². The average molecular weight is 732 g/mol. The minimum absolute atomic E-state index is 0.939. The Morgan fingerprint density at radius 1 is 0.333 bits per heavy atom. The Labute approximate surface area is 334 Å². The second-order valence-electron chi connectivity index (χ2n) is 14.5. The van der Waals surface area contributed by atoms with Gasteiger partial charge in [0.05, 0.1) is 11.0 Å². The minimum atomic E-state index is 0.939. The van der Waals surface area contributed by atoms with Crippen LogP contribution in [0.15, 0.2) is 230 Å². The number of hydrogen-bond acceptors (Lipinski definition) is 2. The summed E-state index contributed by atoms with van der Waals surface area (Å²) in [6.45, 7) is 0. The number of fused-ring (bicyclic) bond motifs is 3. The Balaban J connectivity index is 1.07. The molecule has 0 fully saturated rings. The number of nitrogens with zero attached hydrogens (tertiary/aromatic N) is 3. The molecule has 0 aliphatic heterocycles. The van der Waals surface area contributed by atoms with Crippen LogP contribution in [0.4, 0.5) is 28.4 Å². The van der Waals surface area contributed by atoms with E-state index in [-0.39, 0.29) is 0 Å². The lowest BCUT2D eigenvalue weighted by molar-refractivity contribution is 0.930. The number of allylic oxidation sites excluding steroid dienone is 4. The molecule has 272 valence electrons. The van der Waals surface area contributed by atoms with Crippen molar-refractivity contribution in [1.82, 2.24) is 4.57 Å². The molecule has 0 unspecified atom stereocenters. The quantitative estimate of drug-likeness (QED) is 0.146. The van der Waals surface area contributed by atoms with Crippen LogP contribution in [0.1, 0.15) is 18.4 Å². The fourth-order valence-electron chi connectivity index (χ4n) is 8.35. The molecule has 8 aromatic carbocycles. The van der Waals surface area contributed by atoms with Crippen molar-refractivity contribution >= 4 is 55.8 Å². The molecule has 10 rings (SSSR count). The Kier molecular flexibility index (Phi) is 9.02. The lowest BCUT2D eigenvalue weighted by Crippen LogP contribution is -2.18. The molecule has 0 bridgehead atoms. The third-order valence-corrected chi connectivity index (χ3v) is 11.1. The highest BCUT2D eigenvalue weighted by atomic mass is 15.2. The first kappa shape index (κ1) is 34.2. The first-order valence-corrected chi connectivity index (χ1v) is 19.7. The van der Waals surface area contributed by atoms with Crippen LogP contribution in [0.25, 0.3) is 44.2 Å². The van der Waals surface area contributed by atoms with E-state index in [0.29, 0.717) is 0 Å². The Bertz CT molecular complexity index is 2860. The summed E-state index contributed by atoms with van der Waals surface area (Å²) in [4.78, 5) is 4.79. The van der Waals surface area contributed by atoms with E-state index in [1.807, 2.05) is 0 Å². The molecule has 3 heteroatoms. The summed E-state index contributed by atoms with van der Waals surface area (Å²) in [5.74, 6) is 0. The van der Waals surface area contributed by atoms with Gasteiger partial charge in [-0.1, -0.05) is 140 Å². The first-order valence-electron chi connectivity index (χ1n) is 19.7. The lowest BCUT2D eigenvalue weighted by Gasteiger charge is -2.31. The molecule has 1 aliphatic rings. The maximum absolute atomic E-state index is 2.42. The smallest absolute Gasteiger partial charge is 0.0561 e. The molecule has 1 heterocycles. The maximum atomic E-state index is 2.42. The van der Waals surface area contributed by atoms with Crippen molar-refractivity contribution in [3.8, 4) is 16.8 Å². The molecule has 1 aromatic heterocycles. The number of aromatic nitrogens is 1. The zero-order valence-electron chi connectivity index (χ0n) is 31.6. The largest absolute Gasteiger partial charge is 0.314 e. The predicted molar refractivity (Wildman–Crippen MR) is 241 cm³/mol. The average Bonchev–Trinajstić information content (AvgIpc) is 3.62. The molecule has 57 heavy (non-hydrogen) atoms. The molecule has 3 nitrogen and oxygen atoms in total. The van der Waals surface area contributed by atoms with Gasteiger partial charge in [-0.05, 0) is 120 Å².